The van der Waals surface area contributed by atoms with Crippen molar-refractivity contribution in [3.63, 3.8) is 0 Å². The second kappa shape index (κ2) is 11.6. The van der Waals surface area contributed by atoms with Gasteiger partial charge in [0.15, 0.2) is 0 Å². The lowest BCUT2D eigenvalue weighted by atomic mass is 10.1. The largest absolute Gasteiger partial charge is 0.518 e. The van der Waals surface area contributed by atoms with Gasteiger partial charge < -0.3 is 23.7 Å². The molecule has 0 radical (unpaired) electrons. The Morgan fingerprint density at radius 1 is 0.952 bits per heavy atom. The highest BCUT2D eigenvalue weighted by atomic mass is 28.4. The highest BCUT2D eigenvalue weighted by molar-refractivity contribution is 6.62. The molecular weight excluding hydrogens is 286 g/mol. The van der Waals surface area contributed by atoms with Crippen LogP contribution in [0.5, 0.6) is 0 Å². The number of nitrogens with one attached hydrogen (secondary N) is 1. The average molecular weight is 322 g/mol. The Labute approximate surface area is 131 Å². The molecule has 2 N–H and O–H groups in total. The van der Waals surface area contributed by atoms with Crippen molar-refractivity contribution < 1.29 is 18.4 Å². The van der Waals surface area contributed by atoms with Gasteiger partial charge >= 0.3 is 8.80 Å². The number of aliphatic hydroxyl groups excluding tert-OH is 1. The molecule has 0 saturated carbocycles. The first-order chi connectivity index (χ1) is 10.0. The minimum Gasteiger partial charge on any atom is -0.392 e. The summed E-state index contributed by atoms with van der Waals surface area (Å²) < 4.78 is 17.9. The number of hydrogen-bond acceptors (Lipinski definition) is 5. The summed E-state index contributed by atoms with van der Waals surface area (Å²) in [5.74, 6) is 0. The zero-order valence-corrected chi connectivity index (χ0v) is 15.6. The predicted octanol–water partition coefficient (Wildman–Crippen LogP) is 2.49. The number of aliphatic hydroxyl groups is 1. The van der Waals surface area contributed by atoms with Crippen LogP contribution in [0.2, 0.25) is 0 Å². The number of hydrogen-bond donors (Lipinski definition) is 2. The molecule has 0 aromatic rings. The summed E-state index contributed by atoms with van der Waals surface area (Å²) in [5.41, 5.74) is 0.00324. The second-order valence-electron chi connectivity index (χ2n) is 5.17. The van der Waals surface area contributed by atoms with E-state index in [-0.39, 0.29) is 11.7 Å². The van der Waals surface area contributed by atoms with Crippen molar-refractivity contribution >= 4 is 8.80 Å². The fourth-order valence-electron chi connectivity index (χ4n) is 2.53. The molecule has 0 aromatic carbocycles. The van der Waals surface area contributed by atoms with Crippen LogP contribution in [0.1, 0.15) is 60.8 Å². The van der Waals surface area contributed by atoms with Gasteiger partial charge in [-0.1, -0.05) is 20.3 Å². The molecule has 3 atom stereocenters. The summed E-state index contributed by atoms with van der Waals surface area (Å²) in [5, 5.41) is 13.5. The molecule has 0 amide bonds. The Bertz CT molecular complexity index is 237. The lowest BCUT2D eigenvalue weighted by Crippen LogP contribution is -2.64. The lowest BCUT2D eigenvalue weighted by molar-refractivity contribution is 0.0502. The summed E-state index contributed by atoms with van der Waals surface area (Å²) in [4.78, 5) is 0. The van der Waals surface area contributed by atoms with E-state index in [1.54, 1.807) is 0 Å². The maximum atomic E-state index is 9.97. The monoisotopic (exact) mass is 321 g/mol. The zero-order valence-electron chi connectivity index (χ0n) is 14.6. The summed E-state index contributed by atoms with van der Waals surface area (Å²) in [6, 6.07) is 0.0354. The van der Waals surface area contributed by atoms with Gasteiger partial charge in [0.25, 0.3) is 0 Å². The molecule has 0 aliphatic rings. The fraction of sp³-hybridized carbons (Fsp3) is 1.00. The van der Waals surface area contributed by atoms with E-state index in [0.717, 1.165) is 19.3 Å². The molecule has 6 heteroatoms. The molecule has 5 nitrogen and oxygen atoms in total. The quantitative estimate of drug-likeness (QED) is 0.510. The maximum Gasteiger partial charge on any atom is 0.518 e. The first-order valence-electron chi connectivity index (χ1n) is 8.37. The van der Waals surface area contributed by atoms with E-state index in [4.69, 9.17) is 13.3 Å². The van der Waals surface area contributed by atoms with Crippen LogP contribution < -0.4 is 5.32 Å². The van der Waals surface area contributed by atoms with Crippen molar-refractivity contribution in [2.75, 3.05) is 19.8 Å². The van der Waals surface area contributed by atoms with Gasteiger partial charge in [0.05, 0.1) is 11.8 Å². The molecule has 0 saturated heterocycles. The van der Waals surface area contributed by atoms with E-state index in [1.165, 1.54) is 0 Å². The van der Waals surface area contributed by atoms with Gasteiger partial charge in [-0.25, -0.2) is 0 Å². The van der Waals surface area contributed by atoms with Crippen molar-refractivity contribution in [3.05, 3.63) is 0 Å². The third-order valence-electron chi connectivity index (χ3n) is 3.47. The second-order valence-corrected chi connectivity index (χ2v) is 7.94. The third-order valence-corrected chi connectivity index (χ3v) is 6.97. The van der Waals surface area contributed by atoms with Crippen molar-refractivity contribution in [1.29, 1.82) is 0 Å². The van der Waals surface area contributed by atoms with Gasteiger partial charge in [-0.15, -0.1) is 0 Å². The molecule has 0 bridgehead atoms. The summed E-state index contributed by atoms with van der Waals surface area (Å²) in [6.07, 6.45) is 2.38. The predicted molar refractivity (Wildman–Crippen MR) is 88.2 cm³/mol. The van der Waals surface area contributed by atoms with Crippen LogP contribution >= 0.6 is 0 Å². The maximum absolute atomic E-state index is 9.97. The molecule has 0 aliphatic heterocycles. The van der Waals surface area contributed by atoms with Gasteiger partial charge in [0.2, 0.25) is 0 Å². The van der Waals surface area contributed by atoms with Crippen LogP contribution in [0.4, 0.5) is 0 Å². The van der Waals surface area contributed by atoms with Crippen LogP contribution in [0.25, 0.3) is 0 Å². The van der Waals surface area contributed by atoms with E-state index >= 15 is 0 Å². The van der Waals surface area contributed by atoms with Gasteiger partial charge in [-0.05, 0) is 40.5 Å². The summed E-state index contributed by atoms with van der Waals surface area (Å²) in [6.45, 7) is 13.6. The van der Waals surface area contributed by atoms with E-state index in [9.17, 15) is 5.11 Å². The summed E-state index contributed by atoms with van der Waals surface area (Å²) >= 11 is 0. The molecule has 3 unspecified atom stereocenters. The lowest BCUT2D eigenvalue weighted by Gasteiger charge is -2.37. The van der Waals surface area contributed by atoms with Crippen molar-refractivity contribution in [1.82, 2.24) is 5.32 Å². The van der Waals surface area contributed by atoms with E-state index in [2.05, 4.69) is 19.2 Å². The van der Waals surface area contributed by atoms with Gasteiger partial charge in [-0.3, -0.25) is 0 Å². The third kappa shape index (κ3) is 6.75. The highest BCUT2D eigenvalue weighted by Gasteiger charge is 2.49. The molecule has 0 heterocycles. The number of rotatable bonds is 13. The molecule has 0 aliphatic carbocycles. The zero-order chi connectivity index (χ0) is 16.3. The van der Waals surface area contributed by atoms with Crippen molar-refractivity contribution in [2.45, 2.75) is 78.6 Å². The van der Waals surface area contributed by atoms with Crippen LogP contribution in [0.3, 0.4) is 0 Å². The van der Waals surface area contributed by atoms with E-state index in [0.29, 0.717) is 19.8 Å². The van der Waals surface area contributed by atoms with Gasteiger partial charge in [-0.2, -0.15) is 0 Å². The fourth-order valence-corrected chi connectivity index (χ4v) is 5.51. The Morgan fingerprint density at radius 3 is 1.71 bits per heavy atom. The van der Waals surface area contributed by atoms with E-state index < -0.39 is 14.9 Å². The normalized spacial score (nSPS) is 16.7. The van der Waals surface area contributed by atoms with Crippen molar-refractivity contribution in [2.24, 2.45) is 0 Å². The Kier molecular flexibility index (Phi) is 11.6. The smallest absolute Gasteiger partial charge is 0.392 e. The van der Waals surface area contributed by atoms with E-state index in [1.807, 2.05) is 27.7 Å². The first-order valence-corrected chi connectivity index (χ1v) is 10.2. The van der Waals surface area contributed by atoms with Crippen LogP contribution in [0.15, 0.2) is 0 Å². The SMILES string of the molecule is CCCC(NC(CC)[Si](OCC)(OCC)OCC)C(C)O. The van der Waals surface area contributed by atoms with Gasteiger partial charge in [0.1, 0.15) is 0 Å². The molecule has 0 aromatic heterocycles. The van der Waals surface area contributed by atoms with Gasteiger partial charge in [0, 0.05) is 25.9 Å². The standard InChI is InChI=1S/C15H35NO4Si/c1-7-12-14(13(6)17)16-15(8-2)21(18-9-3,19-10-4)20-11-5/h13-17H,7-12H2,1-6H3. The molecule has 128 valence electrons. The Hall–Kier alpha value is 0.0169. The average Bonchev–Trinajstić information content (AvgIpc) is 2.43. The van der Waals surface area contributed by atoms with Crippen LogP contribution in [-0.4, -0.2) is 51.5 Å². The molecule has 21 heavy (non-hydrogen) atoms. The highest BCUT2D eigenvalue weighted by Crippen LogP contribution is 2.19. The van der Waals surface area contributed by atoms with Crippen LogP contribution in [0, 0.1) is 0 Å². The summed E-state index contributed by atoms with van der Waals surface area (Å²) in [7, 11) is -2.78. The Balaban J connectivity index is 5.16. The van der Waals surface area contributed by atoms with Crippen LogP contribution in [-0.2, 0) is 13.3 Å². The molecule has 0 rings (SSSR count). The topological polar surface area (TPSA) is 60.0 Å². The Morgan fingerprint density at radius 2 is 1.43 bits per heavy atom. The molecule has 0 spiro atoms. The minimum absolute atomic E-state index is 0.00324. The minimum atomic E-state index is -2.78. The van der Waals surface area contributed by atoms with Crippen molar-refractivity contribution in [3.8, 4) is 0 Å². The molecule has 0 fully saturated rings. The first kappa shape index (κ1) is 21.0. The molecular formula is C15H35NO4Si.